The molecule has 2 aliphatic rings. The molecule has 102 valence electrons. The van der Waals surface area contributed by atoms with Gasteiger partial charge in [0, 0.05) is 25.0 Å². The molecule has 0 radical (unpaired) electrons. The molecular formula is C13H15NO5. The molecule has 2 atom stereocenters. The maximum atomic E-state index is 11.6. The van der Waals surface area contributed by atoms with Crippen molar-refractivity contribution in [3.8, 4) is 12.3 Å². The molecule has 1 heterocycles. The molecule has 0 aromatic rings. The van der Waals surface area contributed by atoms with Crippen LogP contribution in [0.4, 0.5) is 0 Å². The van der Waals surface area contributed by atoms with Crippen molar-refractivity contribution < 1.29 is 24.2 Å². The molecule has 0 saturated heterocycles. The highest BCUT2D eigenvalue weighted by atomic mass is 16.7. The number of hydrogen-bond acceptors (Lipinski definition) is 6. The predicted octanol–water partition coefficient (Wildman–Crippen LogP) is -0.176. The van der Waals surface area contributed by atoms with Crippen molar-refractivity contribution >= 4 is 11.9 Å². The third-order valence-corrected chi connectivity index (χ3v) is 3.30. The number of fused-ring (bicyclic) bond motifs is 1. The summed E-state index contributed by atoms with van der Waals surface area (Å²) in [7, 11) is 0. The third-order valence-electron chi connectivity index (χ3n) is 3.30. The van der Waals surface area contributed by atoms with Gasteiger partial charge in [-0.3, -0.25) is 5.32 Å². The lowest BCUT2D eigenvalue weighted by atomic mass is 9.84. The van der Waals surface area contributed by atoms with E-state index in [-0.39, 0.29) is 13.0 Å². The average Bonchev–Trinajstić information content (AvgIpc) is 2.36. The van der Waals surface area contributed by atoms with Gasteiger partial charge >= 0.3 is 11.9 Å². The third kappa shape index (κ3) is 2.48. The van der Waals surface area contributed by atoms with E-state index in [0.717, 1.165) is 12.2 Å². The second kappa shape index (κ2) is 5.03. The monoisotopic (exact) mass is 265 g/mol. The Morgan fingerprint density at radius 1 is 1.26 bits per heavy atom. The topological polar surface area (TPSA) is 84.9 Å². The zero-order valence-electron chi connectivity index (χ0n) is 10.3. The summed E-state index contributed by atoms with van der Waals surface area (Å²) >= 11 is 0. The lowest BCUT2D eigenvalue weighted by Crippen LogP contribution is -2.68. The molecule has 0 aromatic carbocycles. The lowest BCUT2D eigenvalue weighted by molar-refractivity contribution is -0.311. The minimum Gasteiger partial charge on any atom is -0.433 e. The second-order valence-electron chi connectivity index (χ2n) is 4.55. The van der Waals surface area contributed by atoms with Crippen LogP contribution in [0.3, 0.4) is 0 Å². The minimum absolute atomic E-state index is 0.0802. The van der Waals surface area contributed by atoms with Gasteiger partial charge < -0.3 is 14.6 Å². The molecule has 0 aromatic heterocycles. The molecule has 0 spiro atoms. The van der Waals surface area contributed by atoms with Crippen molar-refractivity contribution in [3.63, 3.8) is 0 Å². The highest BCUT2D eigenvalue weighted by Crippen LogP contribution is 2.40. The summed E-state index contributed by atoms with van der Waals surface area (Å²) in [6.45, 7) is 0.0802. The Labute approximate surface area is 110 Å². The van der Waals surface area contributed by atoms with Crippen molar-refractivity contribution in [2.24, 2.45) is 0 Å². The van der Waals surface area contributed by atoms with Gasteiger partial charge in [-0.15, -0.1) is 6.42 Å². The van der Waals surface area contributed by atoms with E-state index < -0.39 is 23.5 Å². The molecule has 0 amide bonds. The summed E-state index contributed by atoms with van der Waals surface area (Å²) in [6, 6.07) is 0. The molecule has 2 unspecified atom stereocenters. The number of aliphatic hydroxyl groups is 1. The minimum atomic E-state index is -1.90. The first-order chi connectivity index (χ1) is 9.01. The van der Waals surface area contributed by atoms with E-state index in [9.17, 15) is 14.7 Å². The van der Waals surface area contributed by atoms with Crippen LogP contribution in [0.15, 0.2) is 12.2 Å². The van der Waals surface area contributed by atoms with Crippen molar-refractivity contribution in [1.82, 2.24) is 5.32 Å². The number of carbonyl (C=O) groups excluding carboxylic acids is 2. The molecule has 6 nitrogen and oxygen atoms in total. The Morgan fingerprint density at radius 3 is 2.58 bits per heavy atom. The largest absolute Gasteiger partial charge is 0.433 e. The number of carbonyl (C=O) groups is 2. The van der Waals surface area contributed by atoms with Crippen LogP contribution in [0.25, 0.3) is 0 Å². The first kappa shape index (κ1) is 13.6. The fourth-order valence-corrected chi connectivity index (χ4v) is 2.40. The van der Waals surface area contributed by atoms with Gasteiger partial charge in [0.25, 0.3) is 5.79 Å². The van der Waals surface area contributed by atoms with Gasteiger partial charge in [0.15, 0.2) is 0 Å². The molecular weight excluding hydrogens is 250 g/mol. The van der Waals surface area contributed by atoms with Crippen molar-refractivity contribution in [3.05, 3.63) is 12.2 Å². The van der Waals surface area contributed by atoms with Gasteiger partial charge in [-0.25, -0.2) is 9.59 Å². The maximum Gasteiger partial charge on any atom is 0.333 e. The Bertz CT molecular complexity index is 466. The van der Waals surface area contributed by atoms with Crippen LogP contribution in [-0.2, 0) is 19.1 Å². The first-order valence-electron chi connectivity index (χ1n) is 6.06. The zero-order chi connectivity index (χ0) is 13.9. The van der Waals surface area contributed by atoms with E-state index >= 15 is 0 Å². The SMILES string of the molecule is C#CCNC12CCCCC1(O)OC(=O)/C=C/C(=O)O2. The van der Waals surface area contributed by atoms with Crippen LogP contribution in [0.5, 0.6) is 0 Å². The standard InChI is InChI=1S/C13H15NO5/c1-2-9-14-12-7-3-4-8-13(12,17)19-11(16)6-5-10(15)18-12/h1,5-6,14,17H,3-4,7-9H2/b6-5+. The van der Waals surface area contributed by atoms with Crippen LogP contribution in [-0.4, -0.2) is 35.1 Å². The number of hydrogen-bond donors (Lipinski definition) is 2. The highest BCUT2D eigenvalue weighted by Gasteiger charge is 2.58. The van der Waals surface area contributed by atoms with Gasteiger partial charge in [-0.1, -0.05) is 5.92 Å². The fraction of sp³-hybridized carbons (Fsp3) is 0.538. The fourth-order valence-electron chi connectivity index (χ4n) is 2.40. The number of ether oxygens (including phenoxy) is 2. The Balaban J connectivity index is 2.40. The maximum absolute atomic E-state index is 11.6. The van der Waals surface area contributed by atoms with E-state index in [1.807, 2.05) is 0 Å². The van der Waals surface area contributed by atoms with E-state index in [1.54, 1.807) is 0 Å². The molecule has 1 fully saturated rings. The zero-order valence-corrected chi connectivity index (χ0v) is 10.3. The van der Waals surface area contributed by atoms with Crippen LogP contribution >= 0.6 is 0 Å². The van der Waals surface area contributed by atoms with Crippen LogP contribution in [0.2, 0.25) is 0 Å². The van der Waals surface area contributed by atoms with Crippen LogP contribution in [0.1, 0.15) is 25.7 Å². The molecule has 0 bridgehead atoms. The molecule has 6 heteroatoms. The number of nitrogens with one attached hydrogen (secondary N) is 1. The summed E-state index contributed by atoms with van der Waals surface area (Å²) in [5, 5.41) is 13.4. The van der Waals surface area contributed by atoms with Crippen LogP contribution < -0.4 is 5.32 Å². The van der Waals surface area contributed by atoms with Gasteiger partial charge in [0.2, 0.25) is 5.72 Å². The normalized spacial score (nSPS) is 36.0. The van der Waals surface area contributed by atoms with Crippen molar-refractivity contribution in [1.29, 1.82) is 0 Å². The summed E-state index contributed by atoms with van der Waals surface area (Å²) in [5.74, 6) is -1.06. The molecule has 2 rings (SSSR count). The van der Waals surface area contributed by atoms with E-state index in [0.29, 0.717) is 19.3 Å². The van der Waals surface area contributed by atoms with Crippen molar-refractivity contribution in [2.45, 2.75) is 37.2 Å². The summed E-state index contributed by atoms with van der Waals surface area (Å²) in [5.41, 5.74) is -1.49. The smallest absolute Gasteiger partial charge is 0.333 e. The highest BCUT2D eigenvalue weighted by molar-refractivity contribution is 5.92. The van der Waals surface area contributed by atoms with Gasteiger partial charge in [-0.05, 0) is 12.8 Å². The molecule has 2 N–H and O–H groups in total. The van der Waals surface area contributed by atoms with E-state index in [4.69, 9.17) is 15.9 Å². The quantitative estimate of drug-likeness (QED) is 0.532. The Morgan fingerprint density at radius 2 is 1.89 bits per heavy atom. The summed E-state index contributed by atoms with van der Waals surface area (Å²) in [4.78, 5) is 23.1. The van der Waals surface area contributed by atoms with E-state index in [2.05, 4.69) is 11.2 Å². The number of esters is 2. The van der Waals surface area contributed by atoms with Gasteiger partial charge in [0.1, 0.15) is 0 Å². The molecule has 19 heavy (non-hydrogen) atoms. The van der Waals surface area contributed by atoms with Crippen molar-refractivity contribution in [2.75, 3.05) is 6.54 Å². The summed E-state index contributed by atoms with van der Waals surface area (Å²) in [6.07, 6.45) is 8.95. The van der Waals surface area contributed by atoms with E-state index in [1.165, 1.54) is 0 Å². The molecule has 1 saturated carbocycles. The molecule has 1 aliphatic heterocycles. The Kier molecular flexibility index (Phi) is 3.60. The molecule has 1 aliphatic carbocycles. The number of terminal acetylenes is 1. The average molecular weight is 265 g/mol. The van der Waals surface area contributed by atoms with Crippen LogP contribution in [0, 0.1) is 12.3 Å². The summed E-state index contributed by atoms with van der Waals surface area (Å²) < 4.78 is 10.3. The van der Waals surface area contributed by atoms with Gasteiger partial charge in [-0.2, -0.15) is 0 Å². The predicted molar refractivity (Wildman–Crippen MR) is 64.3 cm³/mol. The Hall–Kier alpha value is -1.84. The lowest BCUT2D eigenvalue weighted by Gasteiger charge is -2.48. The van der Waals surface area contributed by atoms with Gasteiger partial charge in [0.05, 0.1) is 6.54 Å². The second-order valence-corrected chi connectivity index (χ2v) is 4.55. The number of rotatable bonds is 2. The first-order valence-corrected chi connectivity index (χ1v) is 6.06.